The van der Waals surface area contributed by atoms with Crippen molar-refractivity contribution in [1.29, 1.82) is 0 Å². The van der Waals surface area contributed by atoms with Crippen molar-refractivity contribution in [2.75, 3.05) is 31.6 Å². The molecular weight excluding hydrogens is 374 g/mol. The molecule has 30 heavy (non-hydrogen) atoms. The van der Waals surface area contributed by atoms with Crippen LogP contribution in [0.25, 0.3) is 0 Å². The van der Waals surface area contributed by atoms with Gasteiger partial charge in [0.15, 0.2) is 5.96 Å². The number of guanidine groups is 1. The topological polar surface area (TPSA) is 60.0 Å². The van der Waals surface area contributed by atoms with Gasteiger partial charge in [-0.15, -0.1) is 0 Å². The third-order valence-corrected chi connectivity index (χ3v) is 6.41. The Labute approximate surface area is 182 Å². The highest BCUT2D eigenvalue weighted by Crippen LogP contribution is 2.26. The maximum absolute atomic E-state index is 11.9. The van der Waals surface area contributed by atoms with E-state index in [1.165, 1.54) is 43.4 Å². The molecule has 1 aliphatic carbocycles. The van der Waals surface area contributed by atoms with Crippen molar-refractivity contribution < 1.29 is 4.79 Å². The lowest BCUT2D eigenvalue weighted by molar-refractivity contribution is -0.129. The van der Waals surface area contributed by atoms with Crippen LogP contribution in [0.5, 0.6) is 0 Å². The van der Waals surface area contributed by atoms with Crippen LogP contribution in [0, 0.1) is 0 Å². The molecule has 1 aromatic carbocycles. The molecule has 2 fully saturated rings. The van der Waals surface area contributed by atoms with Gasteiger partial charge in [-0.05, 0) is 43.9 Å². The Bertz CT molecular complexity index is 696. The third kappa shape index (κ3) is 6.13. The summed E-state index contributed by atoms with van der Waals surface area (Å²) in [4.78, 5) is 21.1. The lowest BCUT2D eigenvalue weighted by Crippen LogP contribution is -2.45. The molecule has 2 N–H and O–H groups in total. The number of anilines is 1. The molecule has 1 saturated heterocycles. The van der Waals surface area contributed by atoms with Gasteiger partial charge in [0.2, 0.25) is 5.91 Å². The summed E-state index contributed by atoms with van der Waals surface area (Å²) in [6.45, 7) is 7.06. The number of nitrogens with one attached hydrogen (secondary N) is 2. The highest BCUT2D eigenvalue weighted by atomic mass is 16.2. The van der Waals surface area contributed by atoms with Crippen molar-refractivity contribution in [1.82, 2.24) is 15.5 Å². The minimum atomic E-state index is 0.236. The van der Waals surface area contributed by atoms with E-state index in [0.29, 0.717) is 19.0 Å². The highest BCUT2D eigenvalue weighted by Gasteiger charge is 2.25. The van der Waals surface area contributed by atoms with E-state index in [-0.39, 0.29) is 11.9 Å². The van der Waals surface area contributed by atoms with Gasteiger partial charge in [0, 0.05) is 50.9 Å². The van der Waals surface area contributed by atoms with Gasteiger partial charge in [-0.3, -0.25) is 4.79 Å². The number of carbonyl (C=O) groups is 1. The van der Waals surface area contributed by atoms with Crippen LogP contribution in [-0.2, 0) is 11.3 Å². The van der Waals surface area contributed by atoms with Gasteiger partial charge >= 0.3 is 0 Å². The molecular formula is C24H39N5O. The van der Waals surface area contributed by atoms with E-state index in [0.717, 1.165) is 32.0 Å². The summed E-state index contributed by atoms with van der Waals surface area (Å²) in [6.07, 6.45) is 8.26. The number of carbonyl (C=O) groups excluding carboxylic acids is 1. The molecule has 6 heteroatoms. The first-order valence-electron chi connectivity index (χ1n) is 11.7. The molecule has 1 heterocycles. The van der Waals surface area contributed by atoms with Crippen molar-refractivity contribution in [3.63, 3.8) is 0 Å². The number of amides is 1. The molecule has 1 aliphatic heterocycles. The van der Waals surface area contributed by atoms with Crippen LogP contribution in [0.15, 0.2) is 29.3 Å². The number of hydrogen-bond donors (Lipinski definition) is 2. The minimum Gasteiger partial charge on any atom is -0.372 e. The normalized spacial score (nSPS) is 20.3. The number of benzene rings is 1. The zero-order valence-electron chi connectivity index (χ0n) is 19.0. The minimum absolute atomic E-state index is 0.236. The molecule has 0 spiro atoms. The van der Waals surface area contributed by atoms with Gasteiger partial charge in [0.05, 0.1) is 6.54 Å². The van der Waals surface area contributed by atoms with Gasteiger partial charge in [-0.25, -0.2) is 4.99 Å². The fraction of sp³-hybridized carbons (Fsp3) is 0.667. The summed E-state index contributed by atoms with van der Waals surface area (Å²) in [5.41, 5.74) is 2.51. The largest absolute Gasteiger partial charge is 0.372 e. The fourth-order valence-corrected chi connectivity index (χ4v) is 4.53. The van der Waals surface area contributed by atoms with E-state index in [2.05, 4.69) is 53.8 Å². The monoisotopic (exact) mass is 413 g/mol. The fourth-order valence-electron chi connectivity index (χ4n) is 4.53. The average Bonchev–Trinajstić information content (AvgIpc) is 3.26. The molecule has 0 radical (unpaired) electrons. The molecule has 1 amide bonds. The number of rotatable bonds is 7. The summed E-state index contributed by atoms with van der Waals surface area (Å²) >= 11 is 0. The molecule has 166 valence electrons. The Morgan fingerprint density at radius 3 is 2.53 bits per heavy atom. The van der Waals surface area contributed by atoms with Crippen LogP contribution in [0.1, 0.15) is 64.4 Å². The Morgan fingerprint density at radius 2 is 1.87 bits per heavy atom. The molecule has 1 unspecified atom stereocenters. The number of aliphatic imine (C=N–C) groups is 1. The second-order valence-corrected chi connectivity index (χ2v) is 8.59. The molecule has 3 rings (SSSR count). The van der Waals surface area contributed by atoms with E-state index in [1.807, 2.05) is 11.8 Å². The van der Waals surface area contributed by atoms with E-state index in [9.17, 15) is 4.79 Å². The molecule has 0 bridgehead atoms. The Morgan fingerprint density at radius 1 is 1.13 bits per heavy atom. The first-order valence-corrected chi connectivity index (χ1v) is 11.7. The Hall–Kier alpha value is -2.24. The molecule has 1 aromatic rings. The lowest BCUT2D eigenvalue weighted by Gasteiger charge is -2.33. The van der Waals surface area contributed by atoms with E-state index in [1.54, 1.807) is 0 Å². The predicted molar refractivity (Wildman–Crippen MR) is 125 cm³/mol. The molecule has 1 atom stereocenters. The lowest BCUT2D eigenvalue weighted by atomic mass is 9.94. The molecule has 2 aliphatic rings. The van der Waals surface area contributed by atoms with Crippen LogP contribution in [-0.4, -0.2) is 55.5 Å². The summed E-state index contributed by atoms with van der Waals surface area (Å²) < 4.78 is 0. The van der Waals surface area contributed by atoms with E-state index in [4.69, 9.17) is 4.99 Å². The average molecular weight is 414 g/mol. The standard InChI is InChI=1S/C24H39N5O/c1-4-23(30)29-16-15-20(18-29)27-24(25-5-2)26-17-19-11-13-22(14-12-19)28(3)21-9-7-6-8-10-21/h11-14,20-21H,4-10,15-18H2,1-3H3,(H2,25,26,27). The summed E-state index contributed by atoms with van der Waals surface area (Å²) in [7, 11) is 2.23. The van der Waals surface area contributed by atoms with Gasteiger partial charge in [-0.2, -0.15) is 0 Å². The van der Waals surface area contributed by atoms with Crippen molar-refractivity contribution in [2.24, 2.45) is 4.99 Å². The van der Waals surface area contributed by atoms with Crippen LogP contribution >= 0.6 is 0 Å². The number of nitrogens with zero attached hydrogens (tertiary/aromatic N) is 3. The van der Waals surface area contributed by atoms with Gasteiger partial charge < -0.3 is 20.4 Å². The zero-order chi connectivity index (χ0) is 21.3. The van der Waals surface area contributed by atoms with Crippen LogP contribution in [0.4, 0.5) is 5.69 Å². The number of likely N-dealkylation sites (tertiary alicyclic amines) is 1. The smallest absolute Gasteiger partial charge is 0.222 e. The van der Waals surface area contributed by atoms with Crippen molar-refractivity contribution in [3.8, 4) is 0 Å². The van der Waals surface area contributed by atoms with Gasteiger partial charge in [0.1, 0.15) is 0 Å². The SMILES string of the molecule is CCNC(=NCc1ccc(N(C)C2CCCCC2)cc1)NC1CCN(C(=O)CC)C1. The number of hydrogen-bond acceptors (Lipinski definition) is 3. The predicted octanol–water partition coefficient (Wildman–Crippen LogP) is 3.52. The van der Waals surface area contributed by atoms with Gasteiger partial charge in [-0.1, -0.05) is 38.3 Å². The Kier molecular flexibility index (Phi) is 8.40. The first kappa shape index (κ1) is 22.4. The summed E-state index contributed by atoms with van der Waals surface area (Å²) in [5.74, 6) is 1.07. The molecule has 0 aromatic heterocycles. The van der Waals surface area contributed by atoms with Crippen LogP contribution in [0.2, 0.25) is 0 Å². The first-order chi connectivity index (χ1) is 14.6. The van der Waals surface area contributed by atoms with E-state index >= 15 is 0 Å². The van der Waals surface area contributed by atoms with Crippen molar-refractivity contribution >= 4 is 17.6 Å². The zero-order valence-corrected chi connectivity index (χ0v) is 19.0. The van der Waals surface area contributed by atoms with E-state index < -0.39 is 0 Å². The maximum Gasteiger partial charge on any atom is 0.222 e. The maximum atomic E-state index is 11.9. The second-order valence-electron chi connectivity index (χ2n) is 8.59. The Balaban J connectivity index is 1.54. The summed E-state index contributed by atoms with van der Waals surface area (Å²) in [5, 5.41) is 6.84. The van der Waals surface area contributed by atoms with Crippen molar-refractivity contribution in [2.45, 2.75) is 77.4 Å². The van der Waals surface area contributed by atoms with Gasteiger partial charge in [0.25, 0.3) is 0 Å². The van der Waals surface area contributed by atoms with Crippen LogP contribution in [0.3, 0.4) is 0 Å². The third-order valence-electron chi connectivity index (χ3n) is 6.41. The molecule has 1 saturated carbocycles. The van der Waals surface area contributed by atoms with Crippen molar-refractivity contribution in [3.05, 3.63) is 29.8 Å². The highest BCUT2D eigenvalue weighted by molar-refractivity contribution is 5.80. The van der Waals surface area contributed by atoms with Crippen LogP contribution < -0.4 is 15.5 Å². The summed E-state index contributed by atoms with van der Waals surface area (Å²) in [6, 6.07) is 9.79. The quantitative estimate of drug-likeness (QED) is 0.530. The second kappa shape index (κ2) is 11.2. The molecule has 6 nitrogen and oxygen atoms in total.